The molecule has 18 heavy (non-hydrogen) atoms. The Hall–Kier alpha value is -1.17. The summed E-state index contributed by atoms with van der Waals surface area (Å²) in [4.78, 5) is 13.5. The van der Waals surface area contributed by atoms with Gasteiger partial charge in [-0.25, -0.2) is 0 Å². The molecule has 0 unspecified atom stereocenters. The van der Waals surface area contributed by atoms with Gasteiger partial charge in [0.05, 0.1) is 5.56 Å². The summed E-state index contributed by atoms with van der Waals surface area (Å²) >= 11 is 3.27. The molecular formula is C12H14BrF2NO2. The van der Waals surface area contributed by atoms with Crippen molar-refractivity contribution < 1.29 is 18.3 Å². The van der Waals surface area contributed by atoms with Crippen LogP contribution in [0.3, 0.4) is 0 Å². The predicted octanol–water partition coefficient (Wildman–Crippen LogP) is 3.15. The molecule has 0 aliphatic heterocycles. The first-order chi connectivity index (χ1) is 8.56. The van der Waals surface area contributed by atoms with Crippen LogP contribution in [0.2, 0.25) is 0 Å². The second kappa shape index (κ2) is 7.31. The summed E-state index contributed by atoms with van der Waals surface area (Å²) in [5.41, 5.74) is 0.148. The van der Waals surface area contributed by atoms with Gasteiger partial charge in [-0.2, -0.15) is 8.78 Å². The molecule has 6 heteroatoms. The average Bonchev–Trinajstić information content (AvgIpc) is 2.35. The van der Waals surface area contributed by atoms with Gasteiger partial charge >= 0.3 is 6.61 Å². The molecule has 3 nitrogen and oxygen atoms in total. The number of carbonyl (C=O) groups is 1. The Bertz CT molecular complexity index is 401. The normalized spacial score (nSPS) is 10.5. The van der Waals surface area contributed by atoms with E-state index >= 15 is 0 Å². The Labute approximate surface area is 113 Å². The highest BCUT2D eigenvalue weighted by Crippen LogP contribution is 2.21. The number of benzene rings is 1. The summed E-state index contributed by atoms with van der Waals surface area (Å²) in [5, 5.41) is 0.778. The minimum Gasteiger partial charge on any atom is -0.434 e. The zero-order valence-corrected chi connectivity index (χ0v) is 11.5. The van der Waals surface area contributed by atoms with E-state index in [2.05, 4.69) is 20.7 Å². The molecule has 0 atom stereocenters. The van der Waals surface area contributed by atoms with Crippen LogP contribution in [0, 0.1) is 0 Å². The van der Waals surface area contributed by atoms with Crippen molar-refractivity contribution in [3.8, 4) is 5.75 Å². The van der Waals surface area contributed by atoms with Crippen molar-refractivity contribution in [2.24, 2.45) is 0 Å². The van der Waals surface area contributed by atoms with E-state index in [0.29, 0.717) is 6.54 Å². The van der Waals surface area contributed by atoms with Crippen LogP contribution in [0.15, 0.2) is 24.3 Å². The molecule has 0 N–H and O–H groups in total. The van der Waals surface area contributed by atoms with Crippen LogP contribution in [-0.2, 0) is 0 Å². The van der Waals surface area contributed by atoms with E-state index in [1.807, 2.05) is 0 Å². The maximum absolute atomic E-state index is 12.2. The minimum atomic E-state index is -2.94. The number of para-hydroxylation sites is 1. The number of hydrogen-bond donors (Lipinski definition) is 0. The molecule has 1 rings (SSSR count). The van der Waals surface area contributed by atoms with Crippen LogP contribution in [0.1, 0.15) is 16.8 Å². The van der Waals surface area contributed by atoms with Gasteiger partial charge < -0.3 is 9.64 Å². The molecule has 0 saturated carbocycles. The molecule has 100 valence electrons. The summed E-state index contributed by atoms with van der Waals surface area (Å²) in [6, 6.07) is 6.00. The number of carbonyl (C=O) groups excluding carboxylic acids is 1. The molecule has 1 aromatic rings. The fraction of sp³-hybridized carbons (Fsp3) is 0.417. The Morgan fingerprint density at radius 1 is 1.44 bits per heavy atom. The number of halogens is 3. The third kappa shape index (κ3) is 4.25. The summed E-state index contributed by atoms with van der Waals surface area (Å²) in [6.45, 7) is -2.39. The third-order valence-corrected chi connectivity index (χ3v) is 2.87. The van der Waals surface area contributed by atoms with Gasteiger partial charge in [0.2, 0.25) is 0 Å². The van der Waals surface area contributed by atoms with Crippen LogP contribution >= 0.6 is 15.9 Å². The number of nitrogens with zero attached hydrogens (tertiary/aromatic N) is 1. The maximum atomic E-state index is 12.2. The fourth-order valence-corrected chi connectivity index (χ4v) is 1.70. The SMILES string of the molecule is CN(CCCBr)C(=O)c1ccccc1OC(F)F. The molecule has 1 aromatic carbocycles. The van der Waals surface area contributed by atoms with Gasteiger partial charge in [-0.15, -0.1) is 0 Å². The largest absolute Gasteiger partial charge is 0.434 e. The fourth-order valence-electron chi connectivity index (χ4n) is 1.45. The number of rotatable bonds is 6. The van der Waals surface area contributed by atoms with Crippen molar-refractivity contribution in [2.75, 3.05) is 18.9 Å². The van der Waals surface area contributed by atoms with E-state index in [1.165, 1.54) is 17.0 Å². The number of ether oxygens (including phenoxy) is 1. The van der Waals surface area contributed by atoms with Gasteiger partial charge in [0.25, 0.3) is 5.91 Å². The first-order valence-electron chi connectivity index (χ1n) is 5.41. The van der Waals surface area contributed by atoms with Crippen molar-refractivity contribution >= 4 is 21.8 Å². The van der Waals surface area contributed by atoms with E-state index in [4.69, 9.17) is 0 Å². The van der Waals surface area contributed by atoms with Gasteiger partial charge in [0.1, 0.15) is 5.75 Å². The highest BCUT2D eigenvalue weighted by molar-refractivity contribution is 9.09. The Morgan fingerprint density at radius 2 is 2.11 bits per heavy atom. The second-order valence-electron chi connectivity index (χ2n) is 3.64. The lowest BCUT2D eigenvalue weighted by Gasteiger charge is -2.18. The van der Waals surface area contributed by atoms with E-state index in [0.717, 1.165) is 11.8 Å². The smallest absolute Gasteiger partial charge is 0.387 e. The molecular weight excluding hydrogens is 308 g/mol. The highest BCUT2D eigenvalue weighted by atomic mass is 79.9. The summed E-state index contributed by atoms with van der Waals surface area (Å²) < 4.78 is 28.8. The molecule has 0 spiro atoms. The topological polar surface area (TPSA) is 29.5 Å². The Kier molecular flexibility index (Phi) is 6.04. The van der Waals surface area contributed by atoms with Crippen molar-refractivity contribution in [3.05, 3.63) is 29.8 Å². The molecule has 0 fully saturated rings. The molecule has 0 aliphatic carbocycles. The van der Waals surface area contributed by atoms with Crippen LogP contribution < -0.4 is 4.74 Å². The quantitative estimate of drug-likeness (QED) is 0.753. The molecule has 0 aromatic heterocycles. The number of amides is 1. The van der Waals surface area contributed by atoms with E-state index in [1.54, 1.807) is 19.2 Å². The number of alkyl halides is 3. The molecule has 0 aliphatic rings. The monoisotopic (exact) mass is 321 g/mol. The van der Waals surface area contributed by atoms with Gasteiger partial charge in [-0.1, -0.05) is 28.1 Å². The molecule has 0 saturated heterocycles. The molecule has 0 heterocycles. The second-order valence-corrected chi connectivity index (χ2v) is 4.44. The lowest BCUT2D eigenvalue weighted by atomic mass is 10.1. The van der Waals surface area contributed by atoms with Crippen molar-refractivity contribution in [2.45, 2.75) is 13.0 Å². The van der Waals surface area contributed by atoms with Gasteiger partial charge in [-0.3, -0.25) is 4.79 Å². The van der Waals surface area contributed by atoms with Crippen LogP contribution in [0.5, 0.6) is 5.75 Å². The van der Waals surface area contributed by atoms with Gasteiger partial charge in [0, 0.05) is 18.9 Å². The first-order valence-corrected chi connectivity index (χ1v) is 6.53. The molecule has 1 amide bonds. The minimum absolute atomic E-state index is 0.0943. The summed E-state index contributed by atoms with van der Waals surface area (Å²) in [5.74, 6) is -0.421. The van der Waals surface area contributed by atoms with Crippen molar-refractivity contribution in [3.63, 3.8) is 0 Å². The van der Waals surface area contributed by atoms with Gasteiger partial charge in [-0.05, 0) is 18.6 Å². The zero-order valence-electron chi connectivity index (χ0n) is 9.91. The zero-order chi connectivity index (χ0) is 13.5. The molecule has 0 radical (unpaired) electrons. The Morgan fingerprint density at radius 3 is 2.72 bits per heavy atom. The van der Waals surface area contributed by atoms with Crippen LogP contribution in [-0.4, -0.2) is 36.3 Å². The number of hydrogen-bond acceptors (Lipinski definition) is 2. The first kappa shape index (κ1) is 14.9. The third-order valence-electron chi connectivity index (χ3n) is 2.31. The highest BCUT2D eigenvalue weighted by Gasteiger charge is 2.18. The molecule has 0 bridgehead atoms. The van der Waals surface area contributed by atoms with E-state index < -0.39 is 6.61 Å². The van der Waals surface area contributed by atoms with Crippen molar-refractivity contribution in [1.82, 2.24) is 4.90 Å². The van der Waals surface area contributed by atoms with Crippen molar-refractivity contribution in [1.29, 1.82) is 0 Å². The van der Waals surface area contributed by atoms with Crippen LogP contribution in [0.4, 0.5) is 8.78 Å². The van der Waals surface area contributed by atoms with Crippen LogP contribution in [0.25, 0.3) is 0 Å². The van der Waals surface area contributed by atoms with E-state index in [-0.39, 0.29) is 17.2 Å². The average molecular weight is 322 g/mol. The Balaban J connectivity index is 2.84. The maximum Gasteiger partial charge on any atom is 0.387 e. The predicted molar refractivity (Wildman–Crippen MR) is 68.4 cm³/mol. The lowest BCUT2D eigenvalue weighted by Crippen LogP contribution is -2.28. The summed E-state index contributed by atoms with van der Waals surface area (Å²) in [6.07, 6.45) is 0.792. The lowest BCUT2D eigenvalue weighted by molar-refractivity contribution is -0.0502. The standard InChI is InChI=1S/C12H14BrF2NO2/c1-16(8-4-7-13)11(17)9-5-2-3-6-10(9)18-12(14)15/h2-3,5-6,12H,4,7-8H2,1H3. The van der Waals surface area contributed by atoms with Gasteiger partial charge in [0.15, 0.2) is 0 Å². The summed E-state index contributed by atoms with van der Waals surface area (Å²) in [7, 11) is 1.63. The van der Waals surface area contributed by atoms with E-state index in [9.17, 15) is 13.6 Å².